The summed E-state index contributed by atoms with van der Waals surface area (Å²) >= 11 is 0. The van der Waals surface area contributed by atoms with Gasteiger partial charge in [-0.3, -0.25) is 0 Å². The molecule has 0 saturated carbocycles. The fourth-order valence-electron chi connectivity index (χ4n) is 2.47. The smallest absolute Gasteiger partial charge is 0.147 e. The van der Waals surface area contributed by atoms with Gasteiger partial charge in [-0.05, 0) is 26.0 Å². The summed E-state index contributed by atoms with van der Waals surface area (Å²) in [5.74, 6) is 1.63. The van der Waals surface area contributed by atoms with Gasteiger partial charge in [0.25, 0.3) is 0 Å². The molecule has 0 N–H and O–H groups in total. The van der Waals surface area contributed by atoms with Gasteiger partial charge in [0.2, 0.25) is 0 Å². The van der Waals surface area contributed by atoms with E-state index in [2.05, 4.69) is 35.0 Å². The van der Waals surface area contributed by atoms with E-state index in [-0.39, 0.29) is 12.5 Å². The number of imidazole rings is 1. The van der Waals surface area contributed by atoms with Crippen molar-refractivity contribution in [3.8, 4) is 6.07 Å². The Morgan fingerprint density at radius 1 is 1.24 bits per heavy atom. The van der Waals surface area contributed by atoms with E-state index in [1.54, 1.807) is 6.33 Å². The third kappa shape index (κ3) is 2.38. The molecule has 0 amide bonds. The van der Waals surface area contributed by atoms with Gasteiger partial charge < -0.3 is 4.57 Å². The van der Waals surface area contributed by atoms with Crippen LogP contribution in [0, 0.1) is 11.3 Å². The summed E-state index contributed by atoms with van der Waals surface area (Å²) in [6.07, 6.45) is 1.85. The standard InChI is InChI=1S/C15H16N6/c1-11(2)21-15(17-10-18-21)9-20-13-6-4-3-5-12(13)19-14(20)7-8-16/h3-6,10-11H,7,9H2,1-2H3. The lowest BCUT2D eigenvalue weighted by Gasteiger charge is -2.11. The average Bonchev–Trinajstić information content (AvgIpc) is 3.06. The van der Waals surface area contributed by atoms with Gasteiger partial charge >= 0.3 is 0 Å². The largest absolute Gasteiger partial charge is 0.319 e. The minimum absolute atomic E-state index is 0.247. The Labute approximate surface area is 122 Å². The number of benzene rings is 1. The summed E-state index contributed by atoms with van der Waals surface area (Å²) in [5, 5.41) is 13.3. The van der Waals surface area contributed by atoms with E-state index < -0.39 is 0 Å². The van der Waals surface area contributed by atoms with E-state index in [4.69, 9.17) is 5.26 Å². The predicted octanol–water partition coefficient (Wildman–Crippen LogP) is 2.32. The zero-order valence-corrected chi connectivity index (χ0v) is 12.1. The predicted molar refractivity (Wildman–Crippen MR) is 78.6 cm³/mol. The van der Waals surface area contributed by atoms with Crippen molar-refractivity contribution in [1.82, 2.24) is 24.3 Å². The fourth-order valence-corrected chi connectivity index (χ4v) is 2.47. The van der Waals surface area contributed by atoms with E-state index >= 15 is 0 Å². The Morgan fingerprint density at radius 2 is 2.05 bits per heavy atom. The van der Waals surface area contributed by atoms with Gasteiger partial charge in [-0.15, -0.1) is 0 Å². The van der Waals surface area contributed by atoms with E-state index in [0.717, 1.165) is 22.7 Å². The highest BCUT2D eigenvalue weighted by molar-refractivity contribution is 5.76. The first-order valence-electron chi connectivity index (χ1n) is 6.90. The fraction of sp³-hybridized carbons (Fsp3) is 0.333. The van der Waals surface area contributed by atoms with Crippen molar-refractivity contribution >= 4 is 11.0 Å². The minimum Gasteiger partial charge on any atom is -0.319 e. The summed E-state index contributed by atoms with van der Waals surface area (Å²) in [7, 11) is 0. The highest BCUT2D eigenvalue weighted by atomic mass is 15.4. The Hall–Kier alpha value is -2.68. The van der Waals surface area contributed by atoms with Crippen LogP contribution in [0.1, 0.15) is 31.5 Å². The minimum atomic E-state index is 0.247. The summed E-state index contributed by atoms with van der Waals surface area (Å²) in [6, 6.07) is 10.3. The zero-order valence-electron chi connectivity index (χ0n) is 12.1. The third-order valence-corrected chi connectivity index (χ3v) is 3.41. The molecule has 3 rings (SSSR count). The van der Waals surface area contributed by atoms with E-state index in [9.17, 15) is 0 Å². The first-order chi connectivity index (χ1) is 10.2. The molecule has 6 heteroatoms. The highest BCUT2D eigenvalue weighted by Crippen LogP contribution is 2.18. The van der Waals surface area contributed by atoms with Crippen LogP contribution in [-0.2, 0) is 13.0 Å². The summed E-state index contributed by atoms with van der Waals surface area (Å²) in [4.78, 5) is 8.88. The maximum atomic E-state index is 9.00. The number of nitrogens with zero attached hydrogens (tertiary/aromatic N) is 6. The normalized spacial score (nSPS) is 11.1. The summed E-state index contributed by atoms with van der Waals surface area (Å²) in [6.45, 7) is 4.70. The lowest BCUT2D eigenvalue weighted by molar-refractivity contribution is 0.496. The molecule has 0 fully saturated rings. The van der Waals surface area contributed by atoms with E-state index in [1.165, 1.54) is 0 Å². The van der Waals surface area contributed by atoms with E-state index in [0.29, 0.717) is 6.54 Å². The molecule has 0 atom stereocenters. The van der Waals surface area contributed by atoms with Crippen LogP contribution in [0.2, 0.25) is 0 Å². The van der Waals surface area contributed by atoms with Crippen LogP contribution in [-0.4, -0.2) is 24.3 Å². The lowest BCUT2D eigenvalue weighted by atomic mass is 10.3. The second-order valence-electron chi connectivity index (χ2n) is 5.15. The van der Waals surface area contributed by atoms with Gasteiger partial charge in [-0.25, -0.2) is 14.6 Å². The molecule has 1 aromatic carbocycles. The molecule has 2 aromatic heterocycles. The van der Waals surface area contributed by atoms with Crippen molar-refractivity contribution in [1.29, 1.82) is 5.26 Å². The van der Waals surface area contributed by atoms with Gasteiger partial charge in [0, 0.05) is 6.04 Å². The quantitative estimate of drug-likeness (QED) is 0.735. The molecule has 0 bridgehead atoms. The Morgan fingerprint density at radius 3 is 2.81 bits per heavy atom. The molecule has 6 nitrogen and oxygen atoms in total. The van der Waals surface area contributed by atoms with Gasteiger partial charge in [0.15, 0.2) is 0 Å². The molecule has 0 saturated heterocycles. The Bertz CT molecular complexity index is 805. The first kappa shape index (κ1) is 13.3. The van der Waals surface area contributed by atoms with Crippen LogP contribution in [0.25, 0.3) is 11.0 Å². The van der Waals surface area contributed by atoms with Crippen LogP contribution in [0.4, 0.5) is 0 Å². The molecule has 0 radical (unpaired) electrons. The number of aromatic nitrogens is 5. The molecule has 0 aliphatic carbocycles. The lowest BCUT2D eigenvalue weighted by Crippen LogP contribution is -2.13. The van der Waals surface area contributed by atoms with Crippen molar-refractivity contribution in [2.24, 2.45) is 0 Å². The molecular weight excluding hydrogens is 264 g/mol. The number of rotatable bonds is 4. The molecule has 3 aromatic rings. The Balaban J connectivity index is 2.08. The van der Waals surface area contributed by atoms with Crippen molar-refractivity contribution in [3.63, 3.8) is 0 Å². The number of para-hydroxylation sites is 2. The van der Waals surface area contributed by atoms with Crippen LogP contribution in [0.3, 0.4) is 0 Å². The topological polar surface area (TPSA) is 72.3 Å². The monoisotopic (exact) mass is 280 g/mol. The zero-order chi connectivity index (χ0) is 14.8. The van der Waals surface area contributed by atoms with Crippen molar-refractivity contribution in [3.05, 3.63) is 42.2 Å². The van der Waals surface area contributed by atoms with Crippen molar-refractivity contribution < 1.29 is 0 Å². The van der Waals surface area contributed by atoms with Gasteiger partial charge in [0.1, 0.15) is 18.0 Å². The molecular formula is C15H16N6. The maximum absolute atomic E-state index is 9.00. The third-order valence-electron chi connectivity index (χ3n) is 3.41. The van der Waals surface area contributed by atoms with Gasteiger partial charge in [-0.1, -0.05) is 12.1 Å². The van der Waals surface area contributed by atoms with E-state index in [1.807, 2.05) is 33.5 Å². The second kappa shape index (κ2) is 5.37. The number of fused-ring (bicyclic) bond motifs is 1. The highest BCUT2D eigenvalue weighted by Gasteiger charge is 2.14. The van der Waals surface area contributed by atoms with Crippen LogP contribution < -0.4 is 0 Å². The number of nitriles is 1. The number of hydrogen-bond donors (Lipinski definition) is 0. The SMILES string of the molecule is CC(C)n1ncnc1Cn1c(CC#N)nc2ccccc21. The Kier molecular flexibility index (Phi) is 3.40. The second-order valence-corrected chi connectivity index (χ2v) is 5.15. The van der Waals surface area contributed by atoms with Crippen LogP contribution in [0.15, 0.2) is 30.6 Å². The molecule has 0 spiro atoms. The first-order valence-corrected chi connectivity index (χ1v) is 6.90. The van der Waals surface area contributed by atoms with Crippen LogP contribution >= 0.6 is 0 Å². The molecule has 0 unspecified atom stereocenters. The molecule has 106 valence electrons. The molecule has 2 heterocycles. The summed E-state index contributed by atoms with van der Waals surface area (Å²) in [5.41, 5.74) is 1.92. The van der Waals surface area contributed by atoms with Crippen LogP contribution in [0.5, 0.6) is 0 Å². The molecule has 21 heavy (non-hydrogen) atoms. The van der Waals surface area contributed by atoms with Crippen molar-refractivity contribution in [2.45, 2.75) is 32.9 Å². The number of hydrogen-bond acceptors (Lipinski definition) is 4. The average molecular weight is 280 g/mol. The molecule has 0 aliphatic heterocycles. The van der Waals surface area contributed by atoms with Gasteiger partial charge in [-0.2, -0.15) is 10.4 Å². The van der Waals surface area contributed by atoms with Gasteiger partial charge in [0.05, 0.1) is 30.1 Å². The van der Waals surface area contributed by atoms with Crippen molar-refractivity contribution in [2.75, 3.05) is 0 Å². The summed E-state index contributed by atoms with van der Waals surface area (Å²) < 4.78 is 3.94. The maximum Gasteiger partial charge on any atom is 0.147 e. The molecule has 0 aliphatic rings.